The van der Waals surface area contributed by atoms with Crippen LogP contribution in [0, 0.1) is 11.6 Å². The fourth-order valence-electron chi connectivity index (χ4n) is 2.19. The zero-order valence-corrected chi connectivity index (χ0v) is 14.5. The summed E-state index contributed by atoms with van der Waals surface area (Å²) in [6.45, 7) is 3.10. The van der Waals surface area contributed by atoms with E-state index in [0.29, 0.717) is 0 Å². The monoisotopic (exact) mass is 381 g/mol. The van der Waals surface area contributed by atoms with Gasteiger partial charge >= 0.3 is 5.97 Å². The van der Waals surface area contributed by atoms with E-state index in [1.54, 1.807) is 13.8 Å². The van der Waals surface area contributed by atoms with E-state index < -0.39 is 47.9 Å². The Hall–Kier alpha value is -1.74. The molecule has 1 unspecified atom stereocenters. The van der Waals surface area contributed by atoms with E-state index in [1.165, 1.54) is 0 Å². The number of hydrogen-bond acceptors (Lipinski definition) is 6. The van der Waals surface area contributed by atoms with Crippen molar-refractivity contribution in [2.45, 2.75) is 30.1 Å². The Morgan fingerprint density at radius 1 is 1.38 bits per heavy atom. The number of alkyl halides is 1. The number of oxime groups is 1. The van der Waals surface area contributed by atoms with Gasteiger partial charge in [-0.25, -0.2) is 22.0 Å². The van der Waals surface area contributed by atoms with Gasteiger partial charge in [0.05, 0.1) is 12.7 Å². The van der Waals surface area contributed by atoms with Crippen molar-refractivity contribution < 1.29 is 31.6 Å². The van der Waals surface area contributed by atoms with Gasteiger partial charge in [0, 0.05) is 6.42 Å². The van der Waals surface area contributed by atoms with Gasteiger partial charge in [-0.05, 0) is 26.0 Å². The largest absolute Gasteiger partial charge is 0.467 e. The summed E-state index contributed by atoms with van der Waals surface area (Å²) in [5.74, 6) is -4.17. The lowest BCUT2D eigenvalue weighted by Crippen LogP contribution is -2.44. The number of benzene rings is 1. The smallest absolute Gasteiger partial charge is 0.348 e. The zero-order chi connectivity index (χ0) is 18.3. The first-order chi connectivity index (χ1) is 11.0. The number of esters is 1. The minimum Gasteiger partial charge on any atom is -0.467 e. The Kier molecular flexibility index (Phi) is 4.62. The van der Waals surface area contributed by atoms with Crippen LogP contribution in [0.3, 0.4) is 0 Å². The molecule has 1 aliphatic heterocycles. The molecule has 0 radical (unpaired) electrons. The molecule has 0 spiro atoms. The molecule has 10 heteroatoms. The zero-order valence-electron chi connectivity index (χ0n) is 13.0. The Morgan fingerprint density at radius 2 is 1.92 bits per heavy atom. The van der Waals surface area contributed by atoms with Crippen LogP contribution in [0.1, 0.15) is 25.8 Å². The fourth-order valence-corrected chi connectivity index (χ4v) is 4.48. The lowest BCUT2D eigenvalue weighted by molar-refractivity contribution is -0.141. The molecule has 2 rings (SSSR count). The molecular formula is C14H14ClF2NO5S. The minimum atomic E-state index is -4.84. The highest BCUT2D eigenvalue weighted by Gasteiger charge is 2.59. The van der Waals surface area contributed by atoms with Gasteiger partial charge in [0.1, 0.15) is 17.2 Å². The van der Waals surface area contributed by atoms with Crippen LogP contribution in [0.4, 0.5) is 8.78 Å². The van der Waals surface area contributed by atoms with E-state index in [2.05, 4.69) is 9.89 Å². The van der Waals surface area contributed by atoms with Gasteiger partial charge in [0.2, 0.25) is 9.84 Å². The molecule has 0 aliphatic carbocycles. The number of sulfone groups is 1. The summed E-state index contributed by atoms with van der Waals surface area (Å²) in [5.41, 5.74) is -2.12. The van der Waals surface area contributed by atoms with Crippen LogP contribution >= 0.6 is 11.6 Å². The molecule has 1 atom stereocenters. The molecule has 6 nitrogen and oxygen atoms in total. The Morgan fingerprint density at radius 3 is 2.33 bits per heavy atom. The second-order valence-electron chi connectivity index (χ2n) is 5.70. The third kappa shape index (κ3) is 2.75. The molecule has 1 aromatic carbocycles. The summed E-state index contributed by atoms with van der Waals surface area (Å²) in [5, 5.41) is 2.82. The number of ether oxygens (including phenoxy) is 1. The quantitative estimate of drug-likeness (QED) is 0.593. The highest BCUT2D eigenvalue weighted by Crippen LogP contribution is 2.43. The molecule has 0 fully saturated rings. The molecule has 1 aliphatic rings. The van der Waals surface area contributed by atoms with Crippen LogP contribution in [-0.2, 0) is 28.4 Å². The van der Waals surface area contributed by atoms with Gasteiger partial charge in [0.15, 0.2) is 5.04 Å². The molecule has 0 aromatic heterocycles. The van der Waals surface area contributed by atoms with E-state index in [9.17, 15) is 22.0 Å². The van der Waals surface area contributed by atoms with Crippen LogP contribution in [-0.4, -0.2) is 32.1 Å². The van der Waals surface area contributed by atoms with Crippen molar-refractivity contribution in [3.63, 3.8) is 0 Å². The number of halogens is 3. The summed E-state index contributed by atoms with van der Waals surface area (Å²) in [4.78, 5) is 17.1. The molecule has 132 valence electrons. The van der Waals surface area contributed by atoms with Crippen molar-refractivity contribution >= 4 is 32.5 Å². The van der Waals surface area contributed by atoms with E-state index in [-0.39, 0.29) is 6.42 Å². The fraction of sp³-hybridized carbons (Fsp3) is 0.429. The lowest BCUT2D eigenvalue weighted by atomic mass is 10.1. The number of hydrogen-bond donors (Lipinski definition) is 0. The molecule has 0 amide bonds. The second kappa shape index (κ2) is 5.96. The number of carbonyl (C=O) groups excluding carboxylic acids is 1. The summed E-state index contributed by atoms with van der Waals surface area (Å²) >= 11 is 6.01. The van der Waals surface area contributed by atoms with Crippen LogP contribution in [0.5, 0.6) is 0 Å². The van der Waals surface area contributed by atoms with Gasteiger partial charge in [-0.3, -0.25) is 0 Å². The topological polar surface area (TPSA) is 82.0 Å². The Balaban J connectivity index is 2.73. The maximum atomic E-state index is 14.1. The summed E-state index contributed by atoms with van der Waals surface area (Å²) in [6.07, 6.45) is -0.225. The van der Waals surface area contributed by atoms with Crippen molar-refractivity contribution in [3.05, 3.63) is 35.4 Å². The average Bonchev–Trinajstić information content (AvgIpc) is 2.86. The van der Waals surface area contributed by atoms with Crippen molar-refractivity contribution in [1.29, 1.82) is 0 Å². The normalized spacial score (nSPS) is 19.2. The maximum absolute atomic E-state index is 14.1. The van der Waals surface area contributed by atoms with E-state index in [0.717, 1.165) is 25.3 Å². The standard InChI is InChI=1S/C14H14ClF2NO5S/c1-13(2)7-10(18-23-13)24(20,21)14(15,12(19)22-3)11-8(16)5-4-6-9(11)17/h4-6H,7H2,1-3H3. The van der Waals surface area contributed by atoms with E-state index >= 15 is 0 Å². The molecule has 1 heterocycles. The van der Waals surface area contributed by atoms with Gasteiger partial charge in [-0.15, -0.1) is 0 Å². The highest BCUT2D eigenvalue weighted by molar-refractivity contribution is 8.08. The van der Waals surface area contributed by atoms with Crippen LogP contribution in [0.2, 0.25) is 0 Å². The molecule has 1 aromatic rings. The molecular weight excluding hydrogens is 368 g/mol. The predicted molar refractivity (Wildman–Crippen MR) is 82.0 cm³/mol. The number of methoxy groups -OCH3 is 1. The third-order valence-electron chi connectivity index (χ3n) is 3.38. The van der Waals surface area contributed by atoms with Crippen molar-refractivity contribution in [2.75, 3.05) is 7.11 Å². The molecule has 0 N–H and O–H groups in total. The maximum Gasteiger partial charge on any atom is 0.348 e. The first-order valence-electron chi connectivity index (χ1n) is 6.69. The first-order valence-corrected chi connectivity index (χ1v) is 8.55. The lowest BCUT2D eigenvalue weighted by Gasteiger charge is -2.25. The Bertz CT molecular complexity index is 804. The average molecular weight is 382 g/mol. The number of rotatable bonds is 3. The Labute approximate surface area is 142 Å². The van der Waals surface area contributed by atoms with Crippen molar-refractivity contribution in [1.82, 2.24) is 0 Å². The minimum absolute atomic E-state index is 0.225. The SMILES string of the molecule is COC(=O)C(Cl)(c1c(F)cccc1F)S(=O)(=O)C1=NOC(C)(C)C1. The van der Waals surface area contributed by atoms with Crippen LogP contribution in [0.25, 0.3) is 0 Å². The predicted octanol–water partition coefficient (Wildman–Crippen LogP) is 2.46. The van der Waals surface area contributed by atoms with Gasteiger partial charge in [0.25, 0.3) is 4.21 Å². The van der Waals surface area contributed by atoms with Gasteiger partial charge in [-0.1, -0.05) is 22.8 Å². The van der Waals surface area contributed by atoms with Gasteiger partial charge in [-0.2, -0.15) is 0 Å². The van der Waals surface area contributed by atoms with E-state index in [4.69, 9.17) is 16.4 Å². The summed E-state index contributed by atoms with van der Waals surface area (Å²) in [6, 6.07) is 2.57. The van der Waals surface area contributed by atoms with E-state index in [1.807, 2.05) is 0 Å². The van der Waals surface area contributed by atoms with Gasteiger partial charge < -0.3 is 9.57 Å². The summed E-state index contributed by atoms with van der Waals surface area (Å²) in [7, 11) is -3.99. The molecule has 0 bridgehead atoms. The van der Waals surface area contributed by atoms with Crippen LogP contribution < -0.4 is 0 Å². The third-order valence-corrected chi connectivity index (χ3v) is 6.29. The molecule has 0 saturated heterocycles. The summed E-state index contributed by atoms with van der Waals surface area (Å²) < 4.78 is 55.3. The first kappa shape index (κ1) is 18.6. The highest BCUT2D eigenvalue weighted by atomic mass is 35.5. The molecule has 0 saturated carbocycles. The van der Waals surface area contributed by atoms with Crippen molar-refractivity contribution in [3.8, 4) is 0 Å². The molecule has 24 heavy (non-hydrogen) atoms. The van der Waals surface area contributed by atoms with Crippen LogP contribution in [0.15, 0.2) is 23.4 Å². The van der Waals surface area contributed by atoms with Crippen molar-refractivity contribution in [2.24, 2.45) is 5.16 Å². The number of nitrogens with zero attached hydrogens (tertiary/aromatic N) is 1. The number of carbonyl (C=O) groups is 1. The second-order valence-corrected chi connectivity index (χ2v) is 8.58.